The first-order valence-electron chi connectivity index (χ1n) is 6.19. The molecular weight excluding hydrogens is 248 g/mol. The van der Waals surface area contributed by atoms with Crippen molar-refractivity contribution in [3.63, 3.8) is 0 Å². The molecule has 2 aromatic rings. The van der Waals surface area contributed by atoms with Crippen LogP contribution in [-0.2, 0) is 16.6 Å². The van der Waals surface area contributed by atoms with Crippen LogP contribution >= 0.6 is 0 Å². The van der Waals surface area contributed by atoms with Crippen LogP contribution in [0.4, 0.5) is 5.69 Å². The van der Waals surface area contributed by atoms with Crippen LogP contribution in [0.25, 0.3) is 11.1 Å². The van der Waals surface area contributed by atoms with Gasteiger partial charge in [-0.3, -0.25) is 4.21 Å². The first kappa shape index (κ1) is 13.1. The van der Waals surface area contributed by atoms with Crippen molar-refractivity contribution in [1.29, 1.82) is 0 Å². The Morgan fingerprint density at radius 2 is 2.22 bits per heavy atom. The second-order valence-electron chi connectivity index (χ2n) is 4.33. The Kier molecular flexibility index (Phi) is 4.36. The van der Waals surface area contributed by atoms with E-state index >= 15 is 0 Å². The second-order valence-corrected chi connectivity index (χ2v) is 5.91. The molecule has 0 saturated carbocycles. The molecule has 0 bridgehead atoms. The third-order valence-corrected chi connectivity index (χ3v) is 4.03. The summed E-state index contributed by atoms with van der Waals surface area (Å²) in [4.78, 5) is 4.31. The molecule has 2 N–H and O–H groups in total. The Morgan fingerprint density at radius 3 is 3.00 bits per heavy atom. The number of hydrogen-bond donors (Lipinski definition) is 1. The van der Waals surface area contributed by atoms with E-state index in [1.54, 1.807) is 12.1 Å². The highest BCUT2D eigenvalue weighted by Crippen LogP contribution is 2.19. The van der Waals surface area contributed by atoms with Gasteiger partial charge < -0.3 is 10.2 Å². The van der Waals surface area contributed by atoms with E-state index in [9.17, 15) is 4.21 Å². The SMILES string of the molecule is CCCCCS(=O)Cc1nc2ccc(N)cc2o1. The van der Waals surface area contributed by atoms with Gasteiger partial charge in [-0.25, -0.2) is 4.98 Å². The van der Waals surface area contributed by atoms with Gasteiger partial charge in [-0.15, -0.1) is 0 Å². The summed E-state index contributed by atoms with van der Waals surface area (Å²) in [6.07, 6.45) is 3.26. The number of oxazole rings is 1. The zero-order chi connectivity index (χ0) is 13.0. The topological polar surface area (TPSA) is 69.1 Å². The van der Waals surface area contributed by atoms with Crippen molar-refractivity contribution in [2.75, 3.05) is 11.5 Å². The Labute approximate surface area is 109 Å². The van der Waals surface area contributed by atoms with E-state index in [2.05, 4.69) is 11.9 Å². The Hall–Kier alpha value is -1.36. The van der Waals surface area contributed by atoms with E-state index in [1.165, 1.54) is 0 Å². The first-order valence-corrected chi connectivity index (χ1v) is 7.67. The number of benzene rings is 1. The Morgan fingerprint density at radius 1 is 1.39 bits per heavy atom. The van der Waals surface area contributed by atoms with Crippen molar-refractivity contribution < 1.29 is 8.63 Å². The molecule has 0 radical (unpaired) electrons. The lowest BCUT2D eigenvalue weighted by molar-refractivity contribution is 0.552. The maximum absolute atomic E-state index is 11.8. The predicted molar refractivity (Wildman–Crippen MR) is 74.7 cm³/mol. The largest absolute Gasteiger partial charge is 0.440 e. The summed E-state index contributed by atoms with van der Waals surface area (Å²) < 4.78 is 17.4. The van der Waals surface area contributed by atoms with E-state index in [4.69, 9.17) is 10.2 Å². The van der Waals surface area contributed by atoms with Gasteiger partial charge in [0.15, 0.2) is 5.58 Å². The van der Waals surface area contributed by atoms with E-state index in [-0.39, 0.29) is 0 Å². The van der Waals surface area contributed by atoms with Crippen molar-refractivity contribution in [2.45, 2.75) is 31.9 Å². The lowest BCUT2D eigenvalue weighted by atomic mass is 10.3. The highest BCUT2D eigenvalue weighted by molar-refractivity contribution is 7.84. The molecule has 0 fully saturated rings. The van der Waals surface area contributed by atoms with E-state index in [0.717, 1.165) is 24.8 Å². The van der Waals surface area contributed by atoms with Crippen molar-refractivity contribution >= 4 is 27.6 Å². The number of nitrogen functional groups attached to an aromatic ring is 1. The summed E-state index contributed by atoms with van der Waals surface area (Å²) in [7, 11) is -0.892. The zero-order valence-electron chi connectivity index (χ0n) is 10.5. The normalized spacial score (nSPS) is 12.9. The van der Waals surface area contributed by atoms with Crippen LogP contribution < -0.4 is 5.73 Å². The molecule has 2 rings (SSSR count). The fourth-order valence-electron chi connectivity index (χ4n) is 1.77. The van der Waals surface area contributed by atoms with Crippen molar-refractivity contribution in [3.05, 3.63) is 24.1 Å². The van der Waals surface area contributed by atoms with Gasteiger partial charge in [0.2, 0.25) is 5.89 Å². The zero-order valence-corrected chi connectivity index (χ0v) is 11.3. The Bertz CT molecular complexity index is 551. The van der Waals surface area contributed by atoms with Crippen LogP contribution in [0.3, 0.4) is 0 Å². The summed E-state index contributed by atoms with van der Waals surface area (Å²) in [6, 6.07) is 5.34. The molecule has 0 spiro atoms. The highest BCUT2D eigenvalue weighted by Gasteiger charge is 2.09. The van der Waals surface area contributed by atoms with Gasteiger partial charge in [0.1, 0.15) is 11.3 Å². The summed E-state index contributed by atoms with van der Waals surface area (Å²) in [6.45, 7) is 2.13. The predicted octanol–water partition coefficient (Wildman–Crippen LogP) is 2.85. The molecule has 1 unspecified atom stereocenters. The standard InChI is InChI=1S/C13H18N2O2S/c1-2-3-4-7-18(16)9-13-15-11-6-5-10(14)8-12(11)17-13/h5-6,8H,2-4,7,9,14H2,1H3. The molecule has 1 aromatic heterocycles. The molecule has 0 aliphatic rings. The third-order valence-electron chi connectivity index (χ3n) is 2.72. The fraction of sp³-hybridized carbons (Fsp3) is 0.462. The average molecular weight is 266 g/mol. The summed E-state index contributed by atoms with van der Waals surface area (Å²) in [5.74, 6) is 1.64. The highest BCUT2D eigenvalue weighted by atomic mass is 32.2. The maximum Gasteiger partial charge on any atom is 0.208 e. The van der Waals surface area contributed by atoms with Crippen molar-refractivity contribution in [2.24, 2.45) is 0 Å². The lowest BCUT2D eigenvalue weighted by Crippen LogP contribution is -2.01. The minimum Gasteiger partial charge on any atom is -0.440 e. The number of aromatic nitrogens is 1. The van der Waals surface area contributed by atoms with Crippen LogP contribution in [0.5, 0.6) is 0 Å². The van der Waals surface area contributed by atoms with Gasteiger partial charge >= 0.3 is 0 Å². The monoisotopic (exact) mass is 266 g/mol. The van der Waals surface area contributed by atoms with Gasteiger partial charge in [-0.2, -0.15) is 0 Å². The van der Waals surface area contributed by atoms with E-state index < -0.39 is 10.8 Å². The van der Waals surface area contributed by atoms with Crippen molar-refractivity contribution in [3.8, 4) is 0 Å². The molecule has 98 valence electrons. The molecule has 18 heavy (non-hydrogen) atoms. The molecule has 0 amide bonds. The molecule has 0 aliphatic heterocycles. The van der Waals surface area contributed by atoms with E-state index in [0.29, 0.717) is 28.7 Å². The van der Waals surface area contributed by atoms with Crippen LogP contribution in [0, 0.1) is 0 Å². The number of rotatable bonds is 6. The van der Waals surface area contributed by atoms with E-state index in [1.807, 2.05) is 6.07 Å². The lowest BCUT2D eigenvalue weighted by Gasteiger charge is -1.97. The molecule has 4 nitrogen and oxygen atoms in total. The Balaban J connectivity index is 2.01. The minimum absolute atomic E-state index is 0.387. The molecule has 5 heteroatoms. The second kappa shape index (κ2) is 6.00. The first-order chi connectivity index (χ1) is 8.69. The van der Waals surface area contributed by atoms with Gasteiger partial charge in [0.05, 0.1) is 0 Å². The van der Waals surface area contributed by atoms with Crippen LogP contribution in [0.1, 0.15) is 32.1 Å². The van der Waals surface area contributed by atoms with Crippen LogP contribution in [0.2, 0.25) is 0 Å². The molecular formula is C13H18N2O2S. The van der Waals surface area contributed by atoms with Gasteiger partial charge in [0, 0.05) is 28.3 Å². The average Bonchev–Trinajstić information content (AvgIpc) is 2.70. The van der Waals surface area contributed by atoms with Gasteiger partial charge in [-0.1, -0.05) is 19.8 Å². The van der Waals surface area contributed by atoms with Crippen LogP contribution in [-0.4, -0.2) is 14.9 Å². The summed E-state index contributed by atoms with van der Waals surface area (Å²) in [5, 5.41) is 0. The van der Waals surface area contributed by atoms with Crippen LogP contribution in [0.15, 0.2) is 22.6 Å². The number of nitrogens with two attached hydrogens (primary N) is 1. The number of nitrogens with zero attached hydrogens (tertiary/aromatic N) is 1. The number of hydrogen-bond acceptors (Lipinski definition) is 4. The number of fused-ring (bicyclic) bond motifs is 1. The minimum atomic E-state index is -0.892. The molecule has 0 saturated heterocycles. The molecule has 1 aromatic carbocycles. The fourth-order valence-corrected chi connectivity index (χ4v) is 2.84. The van der Waals surface area contributed by atoms with Gasteiger partial charge in [0.25, 0.3) is 0 Å². The molecule has 1 heterocycles. The van der Waals surface area contributed by atoms with Crippen molar-refractivity contribution in [1.82, 2.24) is 4.98 Å². The summed E-state index contributed by atoms with van der Waals surface area (Å²) in [5.41, 5.74) is 7.75. The smallest absolute Gasteiger partial charge is 0.208 e. The maximum atomic E-state index is 11.8. The number of unbranched alkanes of at least 4 members (excludes halogenated alkanes) is 2. The quantitative estimate of drug-likeness (QED) is 0.644. The third kappa shape index (κ3) is 3.32. The molecule has 1 atom stereocenters. The molecule has 0 aliphatic carbocycles. The summed E-state index contributed by atoms with van der Waals surface area (Å²) >= 11 is 0. The van der Waals surface area contributed by atoms with Gasteiger partial charge in [-0.05, 0) is 18.6 Å². The number of anilines is 1.